The van der Waals surface area contributed by atoms with E-state index in [1.165, 1.54) is 16.7 Å². The molecule has 1 amide bonds. The second kappa shape index (κ2) is 7.88. The Morgan fingerprint density at radius 1 is 1.31 bits per heavy atom. The van der Waals surface area contributed by atoms with E-state index in [4.69, 9.17) is 11.6 Å². The van der Waals surface area contributed by atoms with Gasteiger partial charge in [-0.05, 0) is 37.3 Å². The number of halogens is 2. The zero-order valence-corrected chi connectivity index (χ0v) is 15.4. The van der Waals surface area contributed by atoms with E-state index in [0.717, 1.165) is 17.8 Å². The Labute approximate surface area is 158 Å². The highest BCUT2D eigenvalue weighted by atomic mass is 35.5. The first kappa shape index (κ1) is 18.4. The van der Waals surface area contributed by atoms with Crippen molar-refractivity contribution in [2.45, 2.75) is 18.6 Å². The quantitative estimate of drug-likeness (QED) is 0.528. The molecule has 0 radical (unpaired) electrons. The minimum absolute atomic E-state index is 0.00710. The Morgan fingerprint density at radius 2 is 2.08 bits per heavy atom. The first-order chi connectivity index (χ1) is 12.5. The fourth-order valence-electron chi connectivity index (χ4n) is 2.44. The monoisotopic (exact) mass is 391 g/mol. The SMILES string of the molecule is CCn1c(SCC(=O)Nc2ccc(Cl)cc2F)nc2ccccc2c1=O. The summed E-state index contributed by atoms with van der Waals surface area (Å²) in [4.78, 5) is 29.1. The van der Waals surface area contributed by atoms with E-state index in [-0.39, 0.29) is 22.0 Å². The normalized spacial score (nSPS) is 10.9. The van der Waals surface area contributed by atoms with Gasteiger partial charge in [-0.15, -0.1) is 0 Å². The third kappa shape index (κ3) is 3.89. The number of anilines is 1. The summed E-state index contributed by atoms with van der Waals surface area (Å²) in [6.45, 7) is 2.28. The molecule has 0 aliphatic carbocycles. The number of aromatic nitrogens is 2. The Bertz CT molecular complexity index is 1040. The highest BCUT2D eigenvalue weighted by molar-refractivity contribution is 7.99. The minimum atomic E-state index is -0.606. The number of hydrogen-bond acceptors (Lipinski definition) is 4. The predicted octanol–water partition coefficient (Wildman–Crippen LogP) is 3.94. The Balaban J connectivity index is 1.78. The van der Waals surface area contributed by atoms with E-state index in [2.05, 4.69) is 10.3 Å². The molecule has 134 valence electrons. The van der Waals surface area contributed by atoms with E-state index in [1.54, 1.807) is 24.3 Å². The molecule has 3 aromatic rings. The van der Waals surface area contributed by atoms with Crippen molar-refractivity contribution in [3.8, 4) is 0 Å². The van der Waals surface area contributed by atoms with Crippen LogP contribution in [-0.2, 0) is 11.3 Å². The van der Waals surface area contributed by atoms with Gasteiger partial charge in [-0.2, -0.15) is 0 Å². The van der Waals surface area contributed by atoms with Gasteiger partial charge in [0, 0.05) is 11.6 Å². The zero-order chi connectivity index (χ0) is 18.7. The second-order valence-electron chi connectivity index (χ2n) is 5.42. The Kier molecular flexibility index (Phi) is 5.58. The maximum atomic E-state index is 13.8. The first-order valence-corrected chi connectivity index (χ1v) is 9.23. The summed E-state index contributed by atoms with van der Waals surface area (Å²) in [5.74, 6) is -1.02. The number of amides is 1. The molecule has 0 aliphatic heterocycles. The Hall–Kier alpha value is -2.38. The lowest BCUT2D eigenvalue weighted by Gasteiger charge is -2.11. The van der Waals surface area contributed by atoms with Crippen molar-refractivity contribution < 1.29 is 9.18 Å². The van der Waals surface area contributed by atoms with Crippen molar-refractivity contribution >= 4 is 45.9 Å². The van der Waals surface area contributed by atoms with Crippen molar-refractivity contribution in [3.63, 3.8) is 0 Å². The number of fused-ring (bicyclic) bond motifs is 1. The van der Waals surface area contributed by atoms with Gasteiger partial charge in [-0.3, -0.25) is 14.2 Å². The highest BCUT2D eigenvalue weighted by Crippen LogP contribution is 2.21. The van der Waals surface area contributed by atoms with Crippen molar-refractivity contribution in [2.24, 2.45) is 0 Å². The summed E-state index contributed by atoms with van der Waals surface area (Å²) in [6.07, 6.45) is 0. The van der Waals surface area contributed by atoms with Crippen LogP contribution in [0.2, 0.25) is 5.02 Å². The average Bonchev–Trinajstić information content (AvgIpc) is 2.62. The van der Waals surface area contributed by atoms with Gasteiger partial charge < -0.3 is 5.32 Å². The number of nitrogens with one attached hydrogen (secondary N) is 1. The second-order valence-corrected chi connectivity index (χ2v) is 6.80. The molecule has 1 aromatic heterocycles. The minimum Gasteiger partial charge on any atom is -0.323 e. The molecule has 1 N–H and O–H groups in total. The van der Waals surface area contributed by atoms with E-state index < -0.39 is 11.7 Å². The average molecular weight is 392 g/mol. The summed E-state index contributed by atoms with van der Waals surface area (Å²) in [5.41, 5.74) is 0.484. The smallest absolute Gasteiger partial charge is 0.262 e. The van der Waals surface area contributed by atoms with Crippen LogP contribution in [0.1, 0.15) is 6.92 Å². The predicted molar refractivity (Wildman–Crippen MR) is 102 cm³/mol. The molecule has 2 aromatic carbocycles. The molecule has 0 atom stereocenters. The van der Waals surface area contributed by atoms with Crippen LogP contribution in [0.5, 0.6) is 0 Å². The number of carbonyl (C=O) groups excluding carboxylic acids is 1. The van der Waals surface area contributed by atoms with E-state index >= 15 is 0 Å². The third-order valence-electron chi connectivity index (χ3n) is 3.68. The molecule has 8 heteroatoms. The lowest BCUT2D eigenvalue weighted by atomic mass is 10.2. The van der Waals surface area contributed by atoms with E-state index in [9.17, 15) is 14.0 Å². The molecule has 3 rings (SSSR count). The number of thioether (sulfide) groups is 1. The van der Waals surface area contributed by atoms with Crippen LogP contribution in [0.4, 0.5) is 10.1 Å². The molecule has 1 heterocycles. The van der Waals surface area contributed by atoms with Crippen LogP contribution in [0.3, 0.4) is 0 Å². The highest BCUT2D eigenvalue weighted by Gasteiger charge is 2.13. The Morgan fingerprint density at radius 3 is 2.81 bits per heavy atom. The van der Waals surface area contributed by atoms with Gasteiger partial charge in [0.2, 0.25) is 5.91 Å². The van der Waals surface area contributed by atoms with Crippen LogP contribution in [0.25, 0.3) is 10.9 Å². The number of para-hydroxylation sites is 1. The van der Waals surface area contributed by atoms with Gasteiger partial charge in [0.05, 0.1) is 22.3 Å². The summed E-state index contributed by atoms with van der Waals surface area (Å²) in [7, 11) is 0. The molecule has 0 saturated carbocycles. The summed E-state index contributed by atoms with van der Waals surface area (Å²) >= 11 is 6.82. The molecule has 0 bridgehead atoms. The maximum Gasteiger partial charge on any atom is 0.262 e. The van der Waals surface area contributed by atoms with Gasteiger partial charge in [0.15, 0.2) is 5.16 Å². The number of nitrogens with zero attached hydrogens (tertiary/aromatic N) is 2. The molecular weight excluding hydrogens is 377 g/mol. The molecule has 0 spiro atoms. The van der Waals surface area contributed by atoms with Crippen molar-refractivity contribution in [3.05, 3.63) is 63.7 Å². The fraction of sp³-hybridized carbons (Fsp3) is 0.167. The summed E-state index contributed by atoms with van der Waals surface area (Å²) < 4.78 is 15.3. The molecule has 5 nitrogen and oxygen atoms in total. The van der Waals surface area contributed by atoms with Crippen molar-refractivity contribution in [2.75, 3.05) is 11.1 Å². The maximum absolute atomic E-state index is 13.8. The van der Waals surface area contributed by atoms with E-state index in [1.807, 2.05) is 6.92 Å². The van der Waals surface area contributed by atoms with Crippen molar-refractivity contribution in [1.82, 2.24) is 9.55 Å². The topological polar surface area (TPSA) is 64.0 Å². The van der Waals surface area contributed by atoms with Gasteiger partial charge in [-0.25, -0.2) is 9.37 Å². The zero-order valence-electron chi connectivity index (χ0n) is 13.8. The van der Waals surface area contributed by atoms with Crippen LogP contribution in [0.15, 0.2) is 52.4 Å². The molecule has 26 heavy (non-hydrogen) atoms. The fourth-order valence-corrected chi connectivity index (χ4v) is 3.47. The molecule has 0 fully saturated rings. The van der Waals surface area contributed by atoms with Crippen LogP contribution >= 0.6 is 23.4 Å². The van der Waals surface area contributed by atoms with Gasteiger partial charge in [0.1, 0.15) is 5.82 Å². The lowest BCUT2D eigenvalue weighted by molar-refractivity contribution is -0.113. The number of benzene rings is 2. The van der Waals surface area contributed by atoms with Gasteiger partial charge >= 0.3 is 0 Å². The molecule has 0 unspecified atom stereocenters. The number of carbonyl (C=O) groups is 1. The molecule has 0 saturated heterocycles. The van der Waals surface area contributed by atoms with Gasteiger partial charge in [-0.1, -0.05) is 35.5 Å². The molecule has 0 aliphatic rings. The first-order valence-electron chi connectivity index (χ1n) is 7.87. The van der Waals surface area contributed by atoms with E-state index in [0.29, 0.717) is 22.6 Å². The van der Waals surface area contributed by atoms with Crippen LogP contribution in [-0.4, -0.2) is 21.2 Å². The summed E-state index contributed by atoms with van der Waals surface area (Å²) in [6, 6.07) is 11.1. The van der Waals surface area contributed by atoms with Crippen molar-refractivity contribution in [1.29, 1.82) is 0 Å². The summed E-state index contributed by atoms with van der Waals surface area (Å²) in [5, 5.41) is 3.72. The molecular formula is C18H15ClFN3O2S. The van der Waals surface area contributed by atoms with Crippen LogP contribution < -0.4 is 10.9 Å². The number of hydrogen-bond donors (Lipinski definition) is 1. The lowest BCUT2D eigenvalue weighted by Crippen LogP contribution is -2.23. The third-order valence-corrected chi connectivity index (χ3v) is 4.89. The standard InChI is InChI=1S/C18H15ClFN3O2S/c1-2-23-17(25)12-5-3-4-6-14(12)22-18(23)26-10-16(24)21-15-8-7-11(19)9-13(15)20/h3-9H,2,10H2,1H3,(H,21,24). The largest absolute Gasteiger partial charge is 0.323 e. The van der Waals surface area contributed by atoms with Crippen LogP contribution in [0, 0.1) is 5.82 Å². The van der Waals surface area contributed by atoms with Gasteiger partial charge in [0.25, 0.3) is 5.56 Å². The number of rotatable bonds is 5.